The molecule has 0 aliphatic heterocycles. The highest BCUT2D eigenvalue weighted by molar-refractivity contribution is 7.54. The number of H-pyrrole nitrogens is 2. The number of carbonyl (C=O) groups is 2. The molecule has 4 aromatic heterocycles. The zero-order valence-electron chi connectivity index (χ0n) is 27.9. The number of nitrogens with zero attached hydrogens (tertiary/aromatic N) is 2. The maximum atomic E-state index is 12.7. The highest BCUT2D eigenvalue weighted by atomic mass is 35.8. The van der Waals surface area contributed by atoms with Crippen molar-refractivity contribution in [1.82, 2.24) is 19.9 Å². The number of thiazole rings is 2. The van der Waals surface area contributed by atoms with Gasteiger partial charge < -0.3 is 19.4 Å². The minimum absolute atomic E-state index is 0.0349. The normalized spacial score (nSPS) is 10.5. The number of benzene rings is 2. The van der Waals surface area contributed by atoms with Gasteiger partial charge in [0.15, 0.2) is 10.0 Å². The van der Waals surface area contributed by atoms with Crippen molar-refractivity contribution in [2.75, 3.05) is 13.2 Å². The molecule has 0 aliphatic carbocycles. The summed E-state index contributed by atoms with van der Waals surface area (Å²) in [5.41, 5.74) is 4.57. The van der Waals surface area contributed by atoms with Gasteiger partial charge in [-0.25, -0.2) is 40.1 Å². The molecule has 0 fully saturated rings. The molecule has 0 radical (unpaired) electrons. The highest BCUT2D eigenvalue weighted by Gasteiger charge is 2.19. The van der Waals surface area contributed by atoms with Gasteiger partial charge in [-0.1, -0.05) is 27.7 Å². The van der Waals surface area contributed by atoms with E-state index in [0.717, 1.165) is 39.3 Å². The first-order valence-electron chi connectivity index (χ1n) is 15.4. The lowest BCUT2D eigenvalue weighted by Crippen LogP contribution is -2.00. The summed E-state index contributed by atoms with van der Waals surface area (Å²) in [6.07, 6.45) is 3.68. The predicted octanol–water partition coefficient (Wildman–Crippen LogP) is 11.3. The summed E-state index contributed by atoms with van der Waals surface area (Å²) in [5.74, 6) is 2.37. The second kappa shape index (κ2) is 20.3. The molecule has 4 heterocycles. The fourth-order valence-electron chi connectivity index (χ4n) is 4.25. The summed E-state index contributed by atoms with van der Waals surface area (Å²) in [6.45, 7) is 13.5. The Kier molecular flexibility index (Phi) is 16.9. The van der Waals surface area contributed by atoms with Crippen LogP contribution in [-0.4, -0.2) is 55.6 Å². The third-order valence-corrected chi connectivity index (χ3v) is 8.65. The molecule has 49 heavy (non-hydrogen) atoms. The number of ether oxygens (including phenoxy) is 2. The van der Waals surface area contributed by atoms with E-state index in [1.165, 1.54) is 28.1 Å². The monoisotopic (exact) mass is 796 g/mol. The van der Waals surface area contributed by atoms with Crippen LogP contribution in [0.3, 0.4) is 0 Å². The van der Waals surface area contributed by atoms with E-state index >= 15 is 0 Å². The van der Waals surface area contributed by atoms with Crippen LogP contribution in [0.25, 0.3) is 21.8 Å². The average molecular weight is 799 g/mol. The lowest BCUT2D eigenvalue weighted by Gasteiger charge is -2.02. The summed E-state index contributed by atoms with van der Waals surface area (Å²) in [5, 5.41) is 6.39. The SMILES string of the molecule is CC(C)c1csc(C(=O)Cl)n1.CCOc1ccc2c(C(=O)c3nc(C(C)C)cs3)c[nH]c2c1.CCOc1ccc2cc[nH]c2c1.[Cl][Al]([Cl])[Cl]. The zero-order chi connectivity index (χ0) is 36.1. The van der Waals surface area contributed by atoms with Crippen LogP contribution in [0.5, 0.6) is 11.5 Å². The van der Waals surface area contributed by atoms with E-state index < -0.39 is 16.6 Å². The van der Waals surface area contributed by atoms with Crippen LogP contribution in [0.15, 0.2) is 65.6 Å². The van der Waals surface area contributed by atoms with Gasteiger partial charge in [0.1, 0.15) is 11.5 Å². The van der Waals surface area contributed by atoms with Crippen LogP contribution in [0.1, 0.15) is 89.9 Å². The number of hydrogen-bond acceptors (Lipinski definition) is 8. The Balaban J connectivity index is 0.000000204. The molecular formula is C34H37AlCl4N4O4S2. The summed E-state index contributed by atoms with van der Waals surface area (Å²) in [7, 11) is 14.8. The zero-order valence-corrected chi connectivity index (χ0v) is 33.7. The minimum atomic E-state index is -1.72. The lowest BCUT2D eigenvalue weighted by atomic mass is 10.1. The molecule has 8 nitrogen and oxygen atoms in total. The van der Waals surface area contributed by atoms with Crippen molar-refractivity contribution >= 4 is 109 Å². The largest absolute Gasteiger partial charge is 0.643 e. The van der Waals surface area contributed by atoms with Crippen molar-refractivity contribution in [3.8, 4) is 11.5 Å². The van der Waals surface area contributed by atoms with Gasteiger partial charge in [0, 0.05) is 51.7 Å². The molecule has 2 N–H and O–H groups in total. The van der Waals surface area contributed by atoms with Crippen molar-refractivity contribution in [3.05, 3.63) is 92.6 Å². The van der Waals surface area contributed by atoms with Crippen LogP contribution in [0.2, 0.25) is 0 Å². The van der Waals surface area contributed by atoms with Gasteiger partial charge in [0.25, 0.3) is 5.24 Å². The van der Waals surface area contributed by atoms with E-state index in [0.29, 0.717) is 40.6 Å². The van der Waals surface area contributed by atoms with Crippen molar-refractivity contribution < 1.29 is 19.1 Å². The number of aromatic nitrogens is 4. The van der Waals surface area contributed by atoms with E-state index in [2.05, 4.69) is 39.8 Å². The van der Waals surface area contributed by atoms with Gasteiger partial charge in [-0.05, 0) is 73.0 Å². The maximum absolute atomic E-state index is 12.7. The van der Waals surface area contributed by atoms with Crippen LogP contribution in [-0.2, 0) is 0 Å². The molecule has 0 saturated heterocycles. The minimum Gasteiger partial charge on any atom is -0.494 e. The number of hydrogen-bond donors (Lipinski definition) is 2. The molecule has 6 aromatic rings. The molecule has 0 saturated carbocycles. The quantitative estimate of drug-likeness (QED) is 0.0856. The number of carbonyl (C=O) groups excluding carboxylic acids is 2. The smallest absolute Gasteiger partial charge is 0.494 e. The van der Waals surface area contributed by atoms with E-state index in [1.54, 1.807) is 6.20 Å². The third kappa shape index (κ3) is 12.6. The predicted molar refractivity (Wildman–Crippen MR) is 208 cm³/mol. The molecule has 2 aromatic carbocycles. The number of nitrogens with one attached hydrogen (secondary N) is 2. The fraction of sp³-hybridized carbons (Fsp3) is 0.294. The van der Waals surface area contributed by atoms with Crippen molar-refractivity contribution in [1.29, 1.82) is 0 Å². The van der Waals surface area contributed by atoms with Crippen LogP contribution < -0.4 is 9.47 Å². The lowest BCUT2D eigenvalue weighted by molar-refractivity contribution is 0.103. The number of aromatic amines is 2. The van der Waals surface area contributed by atoms with Gasteiger partial charge >= 0.3 is 11.4 Å². The van der Waals surface area contributed by atoms with Crippen molar-refractivity contribution in [2.24, 2.45) is 0 Å². The van der Waals surface area contributed by atoms with E-state index in [1.807, 2.05) is 81.1 Å². The Hall–Kier alpha value is -2.59. The summed E-state index contributed by atoms with van der Waals surface area (Å²) in [4.78, 5) is 38.0. The second-order valence-electron chi connectivity index (χ2n) is 10.8. The molecule has 0 aliphatic rings. The third-order valence-electron chi connectivity index (χ3n) is 6.64. The molecule has 0 atom stereocenters. The van der Waals surface area contributed by atoms with Gasteiger partial charge in [-0.2, -0.15) is 0 Å². The van der Waals surface area contributed by atoms with Crippen LogP contribution >= 0.6 is 64.4 Å². The van der Waals surface area contributed by atoms with Crippen LogP contribution in [0.4, 0.5) is 0 Å². The molecule has 6 rings (SSSR count). The second-order valence-corrected chi connectivity index (χ2v) is 19.3. The summed E-state index contributed by atoms with van der Waals surface area (Å²) < 4.78 is 10.8. The maximum Gasteiger partial charge on any atom is 0.643 e. The Morgan fingerprint density at radius 2 is 1.33 bits per heavy atom. The van der Waals surface area contributed by atoms with Gasteiger partial charge in [-0.15, -0.1) is 22.7 Å². The number of fused-ring (bicyclic) bond motifs is 2. The van der Waals surface area contributed by atoms with Crippen LogP contribution in [0, 0.1) is 0 Å². The molecule has 260 valence electrons. The van der Waals surface area contributed by atoms with Gasteiger partial charge in [-0.3, -0.25) is 9.59 Å². The Bertz CT molecular complexity index is 1930. The average Bonchev–Trinajstić information content (AvgIpc) is 3.87. The van der Waals surface area contributed by atoms with Crippen molar-refractivity contribution in [2.45, 2.75) is 53.4 Å². The Morgan fingerprint density at radius 1 is 0.796 bits per heavy atom. The highest BCUT2D eigenvalue weighted by Crippen LogP contribution is 2.27. The van der Waals surface area contributed by atoms with E-state index in [9.17, 15) is 9.59 Å². The molecule has 0 amide bonds. The fourth-order valence-corrected chi connectivity index (χ4v) is 6.16. The first kappa shape index (κ1) is 40.8. The summed E-state index contributed by atoms with van der Waals surface area (Å²) >= 11 is 6.21. The Morgan fingerprint density at radius 3 is 1.84 bits per heavy atom. The standard InChI is InChI=1S/C17H18N2O2S.C10H11NO.C7H8ClNOS.Al.3ClH/c1-4-21-11-5-6-12-13(8-18-14(12)7-11)16(20)17-19-15(9-22-17)10(2)3;1-2-12-9-4-3-8-5-6-11-10(8)7-9;1-4(2)5-3-11-7(9-5)6(8)10;;;;/h5-10,18H,4H2,1-3H3;3-7,11H,2H2,1H3;3-4H,1-2H3;;3*1H/q;;;+3;;;/p-3. The Labute approximate surface area is 316 Å². The molecular weight excluding hydrogens is 761 g/mol. The molecule has 0 bridgehead atoms. The number of halogens is 4. The molecule has 0 spiro atoms. The van der Waals surface area contributed by atoms with Crippen molar-refractivity contribution in [3.63, 3.8) is 0 Å². The molecule has 0 unspecified atom stereocenters. The number of ketones is 1. The summed E-state index contributed by atoms with van der Waals surface area (Å²) in [6, 6.07) is 13.8. The first-order valence-corrected chi connectivity index (χ1v) is 22.7. The number of rotatable bonds is 9. The first-order chi connectivity index (χ1) is 23.3. The van der Waals surface area contributed by atoms with E-state index in [-0.39, 0.29) is 5.78 Å². The van der Waals surface area contributed by atoms with Gasteiger partial charge in [0.2, 0.25) is 5.78 Å². The topological polar surface area (TPSA) is 110 Å². The van der Waals surface area contributed by atoms with E-state index in [4.69, 9.17) is 51.2 Å². The molecule has 15 heteroatoms. The van der Waals surface area contributed by atoms with Gasteiger partial charge in [0.05, 0.1) is 30.2 Å².